The average molecular weight is 221 g/mol. The van der Waals surface area contributed by atoms with Crippen molar-refractivity contribution in [1.29, 1.82) is 0 Å². The summed E-state index contributed by atoms with van der Waals surface area (Å²) in [7, 11) is 0. The van der Waals surface area contributed by atoms with Crippen molar-refractivity contribution < 1.29 is 5.11 Å². The topological polar surface area (TPSA) is 33.1 Å². The second-order valence-electron chi connectivity index (χ2n) is 4.40. The molecule has 1 aromatic heterocycles. The van der Waals surface area contributed by atoms with Crippen LogP contribution in [-0.4, -0.2) is 16.2 Å². The zero-order valence-electron chi connectivity index (χ0n) is 10.2. The SMILES string of the molecule is CCCCCCC(O)CCc1cccnc1. The van der Waals surface area contributed by atoms with Crippen molar-refractivity contribution in [1.82, 2.24) is 4.98 Å². The molecule has 90 valence electrons. The van der Waals surface area contributed by atoms with Crippen LogP contribution in [-0.2, 0) is 6.42 Å². The van der Waals surface area contributed by atoms with Gasteiger partial charge >= 0.3 is 0 Å². The Morgan fingerprint density at radius 2 is 2.12 bits per heavy atom. The fourth-order valence-corrected chi connectivity index (χ4v) is 1.83. The van der Waals surface area contributed by atoms with Gasteiger partial charge in [-0.3, -0.25) is 4.98 Å². The molecular weight excluding hydrogens is 198 g/mol. The minimum Gasteiger partial charge on any atom is -0.393 e. The number of unbranched alkanes of at least 4 members (excludes halogenated alkanes) is 3. The largest absolute Gasteiger partial charge is 0.393 e. The van der Waals surface area contributed by atoms with Crippen LogP contribution < -0.4 is 0 Å². The fourth-order valence-electron chi connectivity index (χ4n) is 1.83. The van der Waals surface area contributed by atoms with Crippen molar-refractivity contribution in [3.8, 4) is 0 Å². The predicted octanol–water partition coefficient (Wildman–Crippen LogP) is 3.35. The van der Waals surface area contributed by atoms with Crippen LogP contribution in [0.1, 0.15) is 51.0 Å². The predicted molar refractivity (Wildman–Crippen MR) is 67.3 cm³/mol. The second kappa shape index (κ2) is 8.28. The minimum absolute atomic E-state index is 0.142. The summed E-state index contributed by atoms with van der Waals surface area (Å²) in [6.45, 7) is 2.21. The number of hydrogen-bond donors (Lipinski definition) is 1. The first-order valence-electron chi connectivity index (χ1n) is 6.40. The van der Waals surface area contributed by atoms with Gasteiger partial charge in [-0.15, -0.1) is 0 Å². The summed E-state index contributed by atoms with van der Waals surface area (Å²) in [5.41, 5.74) is 1.22. The molecule has 0 aliphatic heterocycles. The van der Waals surface area contributed by atoms with Crippen molar-refractivity contribution in [2.75, 3.05) is 0 Å². The van der Waals surface area contributed by atoms with Crippen LogP contribution in [0.2, 0.25) is 0 Å². The zero-order chi connectivity index (χ0) is 11.6. The molecule has 1 unspecified atom stereocenters. The third-order valence-electron chi connectivity index (χ3n) is 2.88. The van der Waals surface area contributed by atoms with E-state index in [4.69, 9.17) is 0 Å². The lowest BCUT2D eigenvalue weighted by Gasteiger charge is -2.09. The lowest BCUT2D eigenvalue weighted by atomic mass is 10.0. The molecule has 2 heteroatoms. The normalized spacial score (nSPS) is 12.6. The molecule has 1 atom stereocenters. The summed E-state index contributed by atoms with van der Waals surface area (Å²) < 4.78 is 0. The maximum Gasteiger partial charge on any atom is 0.0543 e. The Balaban J connectivity index is 2.08. The van der Waals surface area contributed by atoms with Crippen LogP contribution >= 0.6 is 0 Å². The summed E-state index contributed by atoms with van der Waals surface area (Å²) in [6, 6.07) is 4.01. The molecular formula is C14H23NO. The van der Waals surface area contributed by atoms with Crippen LogP contribution in [0.25, 0.3) is 0 Å². The summed E-state index contributed by atoms with van der Waals surface area (Å²) in [4.78, 5) is 4.07. The third kappa shape index (κ3) is 5.86. The van der Waals surface area contributed by atoms with E-state index in [0.717, 1.165) is 25.7 Å². The van der Waals surface area contributed by atoms with Crippen LogP contribution in [0.15, 0.2) is 24.5 Å². The summed E-state index contributed by atoms with van der Waals surface area (Å²) >= 11 is 0. The van der Waals surface area contributed by atoms with E-state index in [1.54, 1.807) is 6.20 Å². The molecule has 0 saturated heterocycles. The number of aryl methyl sites for hydroxylation is 1. The zero-order valence-corrected chi connectivity index (χ0v) is 10.2. The number of rotatable bonds is 8. The molecule has 1 aromatic rings. The van der Waals surface area contributed by atoms with Gasteiger partial charge in [-0.25, -0.2) is 0 Å². The Morgan fingerprint density at radius 3 is 2.81 bits per heavy atom. The number of aliphatic hydroxyl groups is 1. The van der Waals surface area contributed by atoms with E-state index in [1.165, 1.54) is 24.8 Å². The average Bonchev–Trinajstić information content (AvgIpc) is 2.33. The van der Waals surface area contributed by atoms with Crippen molar-refractivity contribution in [2.45, 2.75) is 58.0 Å². The minimum atomic E-state index is -0.142. The molecule has 0 bridgehead atoms. The van der Waals surface area contributed by atoms with Gasteiger partial charge in [-0.2, -0.15) is 0 Å². The molecule has 1 heterocycles. The van der Waals surface area contributed by atoms with E-state index in [1.807, 2.05) is 12.3 Å². The Kier molecular flexibility index (Phi) is 6.82. The molecule has 16 heavy (non-hydrogen) atoms. The van der Waals surface area contributed by atoms with Gasteiger partial charge in [0, 0.05) is 12.4 Å². The summed E-state index contributed by atoms with van der Waals surface area (Å²) in [5.74, 6) is 0. The maximum absolute atomic E-state index is 9.79. The van der Waals surface area contributed by atoms with E-state index in [0.29, 0.717) is 0 Å². The molecule has 1 N–H and O–H groups in total. The van der Waals surface area contributed by atoms with E-state index in [-0.39, 0.29) is 6.10 Å². The van der Waals surface area contributed by atoms with Crippen LogP contribution in [0.5, 0.6) is 0 Å². The fraction of sp³-hybridized carbons (Fsp3) is 0.643. The first-order valence-corrected chi connectivity index (χ1v) is 6.40. The van der Waals surface area contributed by atoms with Gasteiger partial charge in [0.05, 0.1) is 6.10 Å². The molecule has 0 aliphatic carbocycles. The van der Waals surface area contributed by atoms with Gasteiger partial charge in [-0.05, 0) is 30.9 Å². The maximum atomic E-state index is 9.79. The molecule has 1 rings (SSSR count). The number of aliphatic hydroxyl groups excluding tert-OH is 1. The Hall–Kier alpha value is -0.890. The molecule has 0 amide bonds. The Morgan fingerprint density at radius 1 is 1.25 bits per heavy atom. The highest BCUT2D eigenvalue weighted by Gasteiger charge is 2.04. The van der Waals surface area contributed by atoms with Crippen molar-refractivity contribution >= 4 is 0 Å². The molecule has 0 aromatic carbocycles. The van der Waals surface area contributed by atoms with E-state index >= 15 is 0 Å². The highest BCUT2D eigenvalue weighted by Crippen LogP contribution is 2.10. The molecule has 0 fully saturated rings. The first kappa shape index (κ1) is 13.2. The monoisotopic (exact) mass is 221 g/mol. The van der Waals surface area contributed by atoms with Gasteiger partial charge in [-0.1, -0.05) is 38.7 Å². The standard InChI is InChI=1S/C14H23NO/c1-2-3-4-5-8-14(16)10-9-13-7-6-11-15-12-13/h6-7,11-12,14,16H,2-5,8-10H2,1H3. The summed E-state index contributed by atoms with van der Waals surface area (Å²) in [6.07, 6.45) is 11.2. The molecule has 0 aliphatic rings. The van der Waals surface area contributed by atoms with Crippen LogP contribution in [0.3, 0.4) is 0 Å². The number of nitrogens with zero attached hydrogens (tertiary/aromatic N) is 1. The third-order valence-corrected chi connectivity index (χ3v) is 2.88. The van der Waals surface area contributed by atoms with Gasteiger partial charge in [0.25, 0.3) is 0 Å². The molecule has 0 spiro atoms. The van der Waals surface area contributed by atoms with Gasteiger partial charge < -0.3 is 5.11 Å². The smallest absolute Gasteiger partial charge is 0.0543 e. The lowest BCUT2D eigenvalue weighted by molar-refractivity contribution is 0.151. The Labute approximate surface area is 98.7 Å². The molecule has 2 nitrogen and oxygen atoms in total. The van der Waals surface area contributed by atoms with E-state index in [9.17, 15) is 5.11 Å². The van der Waals surface area contributed by atoms with Gasteiger partial charge in [0.1, 0.15) is 0 Å². The van der Waals surface area contributed by atoms with E-state index < -0.39 is 0 Å². The lowest BCUT2D eigenvalue weighted by Crippen LogP contribution is -2.07. The molecule has 0 saturated carbocycles. The highest BCUT2D eigenvalue weighted by atomic mass is 16.3. The number of pyridine rings is 1. The van der Waals surface area contributed by atoms with Crippen LogP contribution in [0, 0.1) is 0 Å². The van der Waals surface area contributed by atoms with Gasteiger partial charge in [0.15, 0.2) is 0 Å². The second-order valence-corrected chi connectivity index (χ2v) is 4.40. The van der Waals surface area contributed by atoms with E-state index in [2.05, 4.69) is 18.0 Å². The Bertz CT molecular complexity index is 261. The highest BCUT2D eigenvalue weighted by molar-refractivity contribution is 5.08. The van der Waals surface area contributed by atoms with Crippen molar-refractivity contribution in [2.24, 2.45) is 0 Å². The molecule has 0 radical (unpaired) electrons. The first-order chi connectivity index (χ1) is 7.83. The number of aromatic nitrogens is 1. The van der Waals surface area contributed by atoms with Gasteiger partial charge in [0.2, 0.25) is 0 Å². The van der Waals surface area contributed by atoms with Crippen LogP contribution in [0.4, 0.5) is 0 Å². The quantitative estimate of drug-likeness (QED) is 0.683. The van der Waals surface area contributed by atoms with Crippen molar-refractivity contribution in [3.05, 3.63) is 30.1 Å². The number of hydrogen-bond acceptors (Lipinski definition) is 2. The summed E-state index contributed by atoms with van der Waals surface area (Å²) in [5, 5.41) is 9.79. The van der Waals surface area contributed by atoms with Crippen molar-refractivity contribution in [3.63, 3.8) is 0 Å².